The first-order chi connectivity index (χ1) is 7.34. The first-order valence-corrected chi connectivity index (χ1v) is 4.91. The second-order valence-corrected chi connectivity index (χ2v) is 3.37. The summed E-state index contributed by atoms with van der Waals surface area (Å²) in [6.07, 6.45) is 3.60. The molecule has 1 N–H and O–H groups in total. The molecule has 3 nitrogen and oxygen atoms in total. The van der Waals surface area contributed by atoms with Crippen LogP contribution in [0, 0.1) is 6.92 Å². The molecule has 0 saturated heterocycles. The lowest BCUT2D eigenvalue weighted by atomic mass is 10.2. The highest BCUT2D eigenvalue weighted by Gasteiger charge is 1.94. The van der Waals surface area contributed by atoms with Crippen LogP contribution in [0.2, 0.25) is 0 Å². The zero-order chi connectivity index (χ0) is 10.5. The van der Waals surface area contributed by atoms with Crippen molar-refractivity contribution in [3.05, 3.63) is 54.0 Å². The molecule has 0 radical (unpaired) electrons. The van der Waals surface area contributed by atoms with Crippen LogP contribution in [0.3, 0.4) is 0 Å². The summed E-state index contributed by atoms with van der Waals surface area (Å²) in [5, 5.41) is 3.25. The zero-order valence-corrected chi connectivity index (χ0v) is 8.64. The quantitative estimate of drug-likeness (QED) is 0.824. The van der Waals surface area contributed by atoms with Gasteiger partial charge >= 0.3 is 0 Å². The highest BCUT2D eigenvalue weighted by Crippen LogP contribution is 2.05. The van der Waals surface area contributed by atoms with Crippen molar-refractivity contribution < 1.29 is 0 Å². The Hall–Kier alpha value is -1.90. The van der Waals surface area contributed by atoms with E-state index in [2.05, 4.69) is 21.4 Å². The molecular weight excluding hydrogens is 186 g/mol. The van der Waals surface area contributed by atoms with Crippen LogP contribution >= 0.6 is 0 Å². The predicted octanol–water partition coefficient (Wildman–Crippen LogP) is 2.40. The molecule has 15 heavy (non-hydrogen) atoms. The lowest BCUT2D eigenvalue weighted by Crippen LogP contribution is -2.01. The molecule has 76 valence electrons. The smallest absolute Gasteiger partial charge is 0.126 e. The van der Waals surface area contributed by atoms with Gasteiger partial charge in [0, 0.05) is 24.6 Å². The summed E-state index contributed by atoms with van der Waals surface area (Å²) in [6, 6.07) is 9.89. The molecule has 0 atom stereocenters. The minimum Gasteiger partial charge on any atom is -0.366 e. The van der Waals surface area contributed by atoms with Crippen LogP contribution in [0.15, 0.2) is 42.7 Å². The Morgan fingerprint density at radius 1 is 1.13 bits per heavy atom. The van der Waals surface area contributed by atoms with Crippen molar-refractivity contribution in [1.82, 2.24) is 9.97 Å². The number of nitrogens with one attached hydrogen (secondary N) is 1. The lowest BCUT2D eigenvalue weighted by molar-refractivity contribution is 1.08. The first-order valence-electron chi connectivity index (χ1n) is 4.91. The van der Waals surface area contributed by atoms with E-state index in [-0.39, 0.29) is 0 Å². The summed E-state index contributed by atoms with van der Waals surface area (Å²) in [7, 11) is 0. The third kappa shape index (κ3) is 2.77. The molecule has 2 rings (SSSR count). The highest BCUT2D eigenvalue weighted by molar-refractivity contribution is 5.34. The van der Waals surface area contributed by atoms with E-state index in [0.29, 0.717) is 0 Å². The van der Waals surface area contributed by atoms with Gasteiger partial charge in [-0.2, -0.15) is 0 Å². The Kier molecular flexibility index (Phi) is 2.93. The second-order valence-electron chi connectivity index (χ2n) is 3.37. The summed E-state index contributed by atoms with van der Waals surface area (Å²) in [6.45, 7) is 2.77. The van der Waals surface area contributed by atoms with E-state index in [0.717, 1.165) is 18.1 Å². The summed E-state index contributed by atoms with van der Waals surface area (Å²) >= 11 is 0. The van der Waals surface area contributed by atoms with E-state index in [4.69, 9.17) is 0 Å². The Labute approximate surface area is 89.2 Å². The molecule has 0 aromatic carbocycles. The largest absolute Gasteiger partial charge is 0.366 e. The van der Waals surface area contributed by atoms with Gasteiger partial charge in [0.25, 0.3) is 0 Å². The van der Waals surface area contributed by atoms with E-state index >= 15 is 0 Å². The maximum absolute atomic E-state index is 4.19. The van der Waals surface area contributed by atoms with Crippen LogP contribution in [0.25, 0.3) is 0 Å². The fourth-order valence-corrected chi connectivity index (χ4v) is 1.37. The van der Waals surface area contributed by atoms with Gasteiger partial charge in [0.15, 0.2) is 0 Å². The van der Waals surface area contributed by atoms with Gasteiger partial charge in [0.1, 0.15) is 5.82 Å². The van der Waals surface area contributed by atoms with Crippen LogP contribution in [0.1, 0.15) is 11.3 Å². The molecule has 0 unspecified atom stereocenters. The molecular formula is C12H13N3. The number of rotatable bonds is 3. The van der Waals surface area contributed by atoms with E-state index in [9.17, 15) is 0 Å². The number of aryl methyl sites for hydroxylation is 1. The van der Waals surface area contributed by atoms with E-state index < -0.39 is 0 Å². The van der Waals surface area contributed by atoms with E-state index in [1.54, 1.807) is 6.20 Å². The van der Waals surface area contributed by atoms with Crippen LogP contribution in [0.4, 0.5) is 5.82 Å². The fraction of sp³-hybridized carbons (Fsp3) is 0.167. The third-order valence-electron chi connectivity index (χ3n) is 2.10. The average molecular weight is 199 g/mol. The topological polar surface area (TPSA) is 37.8 Å². The summed E-state index contributed by atoms with van der Waals surface area (Å²) < 4.78 is 0. The standard InChI is InChI=1S/C12H13N3/c1-10-8-11(5-7-13-10)9-15-12-4-2-3-6-14-12/h2-8H,9H2,1H3,(H,14,15). The van der Waals surface area contributed by atoms with Crippen LogP contribution in [-0.4, -0.2) is 9.97 Å². The number of nitrogens with zero attached hydrogens (tertiary/aromatic N) is 2. The zero-order valence-electron chi connectivity index (χ0n) is 8.64. The predicted molar refractivity (Wildman–Crippen MR) is 60.5 cm³/mol. The first kappa shape index (κ1) is 9.65. The minimum atomic E-state index is 0.778. The number of hydrogen-bond donors (Lipinski definition) is 1. The maximum atomic E-state index is 4.19. The molecule has 0 amide bonds. The van der Waals surface area contributed by atoms with Gasteiger partial charge in [0.2, 0.25) is 0 Å². The molecule has 0 bridgehead atoms. The molecule has 0 spiro atoms. The Balaban J connectivity index is 1.99. The Morgan fingerprint density at radius 2 is 2.07 bits per heavy atom. The van der Waals surface area contributed by atoms with Crippen LogP contribution in [-0.2, 0) is 6.54 Å². The molecule has 0 saturated carbocycles. The van der Waals surface area contributed by atoms with Gasteiger partial charge in [0.05, 0.1) is 0 Å². The van der Waals surface area contributed by atoms with E-state index in [1.165, 1.54) is 5.56 Å². The lowest BCUT2D eigenvalue weighted by Gasteiger charge is -2.05. The van der Waals surface area contributed by atoms with Crippen molar-refractivity contribution in [2.24, 2.45) is 0 Å². The van der Waals surface area contributed by atoms with E-state index in [1.807, 2.05) is 37.4 Å². The van der Waals surface area contributed by atoms with Crippen molar-refractivity contribution >= 4 is 5.82 Å². The van der Waals surface area contributed by atoms with Gasteiger partial charge < -0.3 is 5.32 Å². The average Bonchev–Trinajstić information content (AvgIpc) is 2.28. The van der Waals surface area contributed by atoms with Gasteiger partial charge in [-0.3, -0.25) is 4.98 Å². The van der Waals surface area contributed by atoms with Crippen molar-refractivity contribution in [2.45, 2.75) is 13.5 Å². The maximum Gasteiger partial charge on any atom is 0.126 e. The molecule has 0 aliphatic heterocycles. The molecule has 0 aliphatic rings. The molecule has 3 heteroatoms. The highest BCUT2D eigenvalue weighted by atomic mass is 15.0. The van der Waals surface area contributed by atoms with Gasteiger partial charge in [-0.05, 0) is 36.8 Å². The molecule has 2 heterocycles. The minimum absolute atomic E-state index is 0.778. The van der Waals surface area contributed by atoms with Gasteiger partial charge in [-0.15, -0.1) is 0 Å². The van der Waals surface area contributed by atoms with Crippen molar-refractivity contribution in [2.75, 3.05) is 5.32 Å². The Morgan fingerprint density at radius 3 is 2.80 bits per heavy atom. The summed E-state index contributed by atoms with van der Waals surface area (Å²) in [5.41, 5.74) is 2.25. The Bertz CT molecular complexity index is 426. The molecule has 0 fully saturated rings. The summed E-state index contributed by atoms with van der Waals surface area (Å²) in [5.74, 6) is 0.895. The number of hydrogen-bond acceptors (Lipinski definition) is 3. The van der Waals surface area contributed by atoms with Gasteiger partial charge in [-0.1, -0.05) is 6.07 Å². The molecule has 2 aromatic heterocycles. The van der Waals surface area contributed by atoms with Gasteiger partial charge in [-0.25, -0.2) is 4.98 Å². The van der Waals surface area contributed by atoms with Crippen molar-refractivity contribution in [3.8, 4) is 0 Å². The number of pyridine rings is 2. The fourth-order valence-electron chi connectivity index (χ4n) is 1.37. The SMILES string of the molecule is Cc1cc(CNc2ccccn2)ccn1. The third-order valence-corrected chi connectivity index (χ3v) is 2.10. The van der Waals surface area contributed by atoms with Crippen LogP contribution in [0.5, 0.6) is 0 Å². The second kappa shape index (κ2) is 4.55. The van der Waals surface area contributed by atoms with Crippen molar-refractivity contribution in [1.29, 1.82) is 0 Å². The van der Waals surface area contributed by atoms with Crippen molar-refractivity contribution in [3.63, 3.8) is 0 Å². The number of aromatic nitrogens is 2. The summed E-state index contributed by atoms with van der Waals surface area (Å²) in [4.78, 5) is 8.34. The normalized spacial score (nSPS) is 9.93. The van der Waals surface area contributed by atoms with Crippen LogP contribution < -0.4 is 5.32 Å². The number of anilines is 1. The molecule has 0 aliphatic carbocycles. The monoisotopic (exact) mass is 199 g/mol. The molecule has 2 aromatic rings.